The molecular weight excluding hydrogens is 242 g/mol. The Kier molecular flexibility index (Phi) is 3.34. The van der Waals surface area contributed by atoms with Gasteiger partial charge in [0.15, 0.2) is 0 Å². The predicted molar refractivity (Wildman–Crippen MR) is 60.6 cm³/mol. The molecule has 0 aliphatic heterocycles. The molecule has 0 unspecified atom stereocenters. The van der Waals surface area contributed by atoms with E-state index in [-0.39, 0.29) is 5.56 Å². The van der Waals surface area contributed by atoms with Gasteiger partial charge in [0.2, 0.25) is 0 Å². The Bertz CT molecular complexity index is 524. The van der Waals surface area contributed by atoms with Crippen LogP contribution in [0.1, 0.15) is 10.4 Å². The third kappa shape index (κ3) is 2.59. The van der Waals surface area contributed by atoms with Crippen LogP contribution in [0.5, 0.6) is 5.75 Å². The molecule has 2 aromatic rings. The van der Waals surface area contributed by atoms with Crippen molar-refractivity contribution in [3.8, 4) is 5.75 Å². The Morgan fingerprint density at radius 2 is 2.35 bits per heavy atom. The third-order valence-electron chi connectivity index (χ3n) is 2.03. The molecule has 0 radical (unpaired) electrons. The molecule has 2 rings (SSSR count). The van der Waals surface area contributed by atoms with Gasteiger partial charge < -0.3 is 14.3 Å². The van der Waals surface area contributed by atoms with Crippen LogP contribution in [0.4, 0.5) is 0 Å². The molecule has 17 heavy (non-hydrogen) atoms. The van der Waals surface area contributed by atoms with Gasteiger partial charge in [-0.1, -0.05) is 0 Å². The lowest BCUT2D eigenvalue weighted by Crippen LogP contribution is -1.99. The Morgan fingerprint density at radius 1 is 1.53 bits per heavy atom. The first-order chi connectivity index (χ1) is 8.20. The number of ether oxygens (including phenoxy) is 1. The normalized spacial score (nSPS) is 10.2. The number of aromatic carboxylic acids is 1. The number of nitrogens with zero attached hydrogens (tertiary/aromatic N) is 1. The van der Waals surface area contributed by atoms with Crippen LogP contribution in [0.2, 0.25) is 0 Å². The van der Waals surface area contributed by atoms with E-state index in [1.54, 1.807) is 12.1 Å². The zero-order valence-corrected chi connectivity index (χ0v) is 9.73. The lowest BCUT2D eigenvalue weighted by atomic mass is 10.2. The maximum Gasteiger partial charge on any atom is 0.336 e. The molecule has 5 nitrogen and oxygen atoms in total. The number of methoxy groups -OCH3 is 1. The van der Waals surface area contributed by atoms with Gasteiger partial charge in [0, 0.05) is 4.90 Å². The maximum atomic E-state index is 11.0. The number of benzene rings is 1. The summed E-state index contributed by atoms with van der Waals surface area (Å²) in [5.41, 5.74) is 0.189. The summed E-state index contributed by atoms with van der Waals surface area (Å²) in [4.78, 5) is 15.5. The average Bonchev–Trinajstić information content (AvgIpc) is 2.81. The van der Waals surface area contributed by atoms with Gasteiger partial charge in [-0.05, 0) is 30.0 Å². The van der Waals surface area contributed by atoms with Crippen LogP contribution >= 0.6 is 11.8 Å². The highest BCUT2D eigenvalue weighted by Crippen LogP contribution is 2.32. The van der Waals surface area contributed by atoms with Crippen molar-refractivity contribution < 1.29 is 19.1 Å². The first-order valence-electron chi connectivity index (χ1n) is 4.69. The quantitative estimate of drug-likeness (QED) is 0.900. The molecule has 6 heteroatoms. The van der Waals surface area contributed by atoms with Crippen LogP contribution in [0.3, 0.4) is 0 Å². The standard InChI is InChI=1S/C11H9NO4S/c1-15-7-2-3-8(10(13)14)9(6-7)17-11-12-4-5-16-11/h2-6H,1H3,(H,13,14). The van der Waals surface area contributed by atoms with E-state index in [9.17, 15) is 4.79 Å². The minimum absolute atomic E-state index is 0.189. The Labute approximate surface area is 101 Å². The molecule has 0 spiro atoms. The summed E-state index contributed by atoms with van der Waals surface area (Å²) in [7, 11) is 1.52. The SMILES string of the molecule is COc1ccc(C(=O)O)c(Sc2ncco2)c1. The number of carboxylic acid groups (broad SMARTS) is 1. The van der Waals surface area contributed by atoms with Gasteiger partial charge in [0.05, 0.1) is 18.9 Å². The van der Waals surface area contributed by atoms with Gasteiger partial charge in [-0.25, -0.2) is 9.78 Å². The van der Waals surface area contributed by atoms with Crippen LogP contribution < -0.4 is 4.74 Å². The Hall–Kier alpha value is -1.95. The van der Waals surface area contributed by atoms with E-state index in [0.717, 1.165) is 11.8 Å². The molecule has 1 aromatic carbocycles. The minimum Gasteiger partial charge on any atom is -0.497 e. The van der Waals surface area contributed by atoms with E-state index >= 15 is 0 Å². The van der Waals surface area contributed by atoms with Crippen molar-refractivity contribution in [3.63, 3.8) is 0 Å². The summed E-state index contributed by atoms with van der Waals surface area (Å²) in [6.07, 6.45) is 2.94. The van der Waals surface area contributed by atoms with Crippen molar-refractivity contribution in [2.24, 2.45) is 0 Å². The molecule has 88 valence electrons. The van der Waals surface area contributed by atoms with Crippen molar-refractivity contribution in [1.82, 2.24) is 4.98 Å². The van der Waals surface area contributed by atoms with E-state index in [1.165, 1.54) is 25.6 Å². The van der Waals surface area contributed by atoms with Crippen molar-refractivity contribution in [2.75, 3.05) is 7.11 Å². The number of hydrogen-bond acceptors (Lipinski definition) is 5. The van der Waals surface area contributed by atoms with Crippen LogP contribution in [0, 0.1) is 0 Å². The van der Waals surface area contributed by atoms with Crippen molar-refractivity contribution in [2.45, 2.75) is 10.1 Å². The smallest absolute Gasteiger partial charge is 0.336 e. The van der Waals surface area contributed by atoms with Crippen molar-refractivity contribution >= 4 is 17.7 Å². The Balaban J connectivity index is 2.38. The zero-order chi connectivity index (χ0) is 12.3. The van der Waals surface area contributed by atoms with Crippen LogP contribution in [-0.2, 0) is 0 Å². The van der Waals surface area contributed by atoms with Gasteiger partial charge in [-0.15, -0.1) is 0 Å². The van der Waals surface area contributed by atoms with Gasteiger partial charge >= 0.3 is 5.97 Å². The summed E-state index contributed by atoms with van der Waals surface area (Å²) in [6, 6.07) is 4.73. The van der Waals surface area contributed by atoms with Gasteiger partial charge in [0.1, 0.15) is 12.0 Å². The topological polar surface area (TPSA) is 72.6 Å². The van der Waals surface area contributed by atoms with E-state index in [4.69, 9.17) is 14.3 Å². The minimum atomic E-state index is -0.998. The Morgan fingerprint density at radius 3 is 2.94 bits per heavy atom. The van der Waals surface area contributed by atoms with E-state index in [2.05, 4.69) is 4.98 Å². The molecule has 0 amide bonds. The van der Waals surface area contributed by atoms with Crippen LogP contribution in [-0.4, -0.2) is 23.2 Å². The maximum absolute atomic E-state index is 11.0. The summed E-state index contributed by atoms with van der Waals surface area (Å²) >= 11 is 1.14. The number of carbonyl (C=O) groups is 1. The fourth-order valence-corrected chi connectivity index (χ4v) is 2.09. The van der Waals surface area contributed by atoms with E-state index < -0.39 is 5.97 Å². The van der Waals surface area contributed by atoms with Crippen LogP contribution in [0.15, 0.2) is 45.2 Å². The number of aromatic nitrogens is 1. The summed E-state index contributed by atoms with van der Waals surface area (Å²) in [5.74, 6) is -0.411. The first-order valence-corrected chi connectivity index (χ1v) is 5.51. The molecule has 0 fully saturated rings. The molecule has 1 heterocycles. The van der Waals surface area contributed by atoms with Gasteiger partial charge in [-0.2, -0.15) is 0 Å². The highest BCUT2D eigenvalue weighted by Gasteiger charge is 2.14. The van der Waals surface area contributed by atoms with Crippen molar-refractivity contribution in [1.29, 1.82) is 0 Å². The number of oxazole rings is 1. The van der Waals surface area contributed by atoms with Gasteiger partial charge in [-0.3, -0.25) is 0 Å². The predicted octanol–water partition coefficient (Wildman–Crippen LogP) is 2.53. The second-order valence-electron chi connectivity index (χ2n) is 3.07. The molecule has 0 aliphatic carbocycles. The molecule has 0 atom stereocenters. The lowest BCUT2D eigenvalue weighted by molar-refractivity contribution is 0.0693. The summed E-state index contributed by atoms with van der Waals surface area (Å²) in [6.45, 7) is 0. The molecule has 0 saturated heterocycles. The van der Waals surface area contributed by atoms with E-state index in [0.29, 0.717) is 15.9 Å². The molecule has 0 bridgehead atoms. The summed E-state index contributed by atoms with van der Waals surface area (Å²) < 4.78 is 10.1. The van der Waals surface area contributed by atoms with Crippen molar-refractivity contribution in [3.05, 3.63) is 36.2 Å². The molecule has 0 saturated carbocycles. The molecule has 1 N–H and O–H groups in total. The first kappa shape index (κ1) is 11.5. The summed E-state index contributed by atoms with van der Waals surface area (Å²) in [5, 5.41) is 9.44. The second kappa shape index (κ2) is 4.92. The zero-order valence-electron chi connectivity index (χ0n) is 8.91. The molecular formula is C11H9NO4S. The largest absolute Gasteiger partial charge is 0.497 e. The fraction of sp³-hybridized carbons (Fsp3) is 0.0909. The highest BCUT2D eigenvalue weighted by molar-refractivity contribution is 7.99. The monoisotopic (exact) mass is 251 g/mol. The fourth-order valence-electron chi connectivity index (χ4n) is 1.25. The number of hydrogen-bond donors (Lipinski definition) is 1. The average molecular weight is 251 g/mol. The molecule has 0 aliphatic rings. The number of rotatable bonds is 4. The number of carboxylic acids is 1. The molecule has 1 aromatic heterocycles. The van der Waals surface area contributed by atoms with Crippen LogP contribution in [0.25, 0.3) is 0 Å². The van der Waals surface area contributed by atoms with E-state index in [1.807, 2.05) is 0 Å². The highest BCUT2D eigenvalue weighted by atomic mass is 32.2. The van der Waals surface area contributed by atoms with Gasteiger partial charge in [0.25, 0.3) is 5.22 Å². The lowest BCUT2D eigenvalue weighted by Gasteiger charge is -2.06. The third-order valence-corrected chi connectivity index (χ3v) is 2.96. The second-order valence-corrected chi connectivity index (χ2v) is 4.06.